The highest BCUT2D eigenvalue weighted by atomic mass is 16.5. The van der Waals surface area contributed by atoms with Gasteiger partial charge >= 0.3 is 6.03 Å². The normalized spacial score (nSPS) is 20.6. The molecule has 1 saturated heterocycles. The molecule has 134 valence electrons. The molecule has 0 radical (unpaired) electrons. The van der Waals surface area contributed by atoms with Crippen molar-refractivity contribution in [2.45, 2.75) is 45.1 Å². The van der Waals surface area contributed by atoms with Gasteiger partial charge in [0.1, 0.15) is 11.3 Å². The predicted molar refractivity (Wildman–Crippen MR) is 97.9 cm³/mol. The molecule has 5 heteroatoms. The summed E-state index contributed by atoms with van der Waals surface area (Å²) in [4.78, 5) is 14.8. The summed E-state index contributed by atoms with van der Waals surface area (Å²) in [5.74, 6) is 1.52. The fourth-order valence-corrected chi connectivity index (χ4v) is 3.72. The number of benzene rings is 1. The molecule has 1 aliphatic heterocycles. The largest absolute Gasteiger partial charge is 0.461 e. The van der Waals surface area contributed by atoms with E-state index in [4.69, 9.17) is 9.15 Å². The van der Waals surface area contributed by atoms with Crippen LogP contribution < -0.4 is 5.32 Å². The summed E-state index contributed by atoms with van der Waals surface area (Å²) in [6.45, 7) is 4.27. The van der Waals surface area contributed by atoms with E-state index in [0.717, 1.165) is 48.4 Å². The van der Waals surface area contributed by atoms with Gasteiger partial charge < -0.3 is 19.4 Å². The number of hydrogen-bond acceptors (Lipinski definition) is 3. The Bertz CT molecular complexity index is 744. The molecule has 1 saturated carbocycles. The summed E-state index contributed by atoms with van der Waals surface area (Å²) in [6, 6.07) is 7.74. The summed E-state index contributed by atoms with van der Waals surface area (Å²) in [5, 5.41) is 4.07. The number of carbonyl (C=O) groups is 1. The van der Waals surface area contributed by atoms with Crippen LogP contribution in [0.15, 0.2) is 28.7 Å². The zero-order chi connectivity index (χ0) is 17.2. The first-order valence-corrected chi connectivity index (χ1v) is 9.35. The molecule has 4 rings (SSSR count). The highest BCUT2D eigenvalue weighted by Crippen LogP contribution is 2.28. The molecular weight excluding hydrogens is 316 g/mol. The second-order valence-electron chi connectivity index (χ2n) is 7.38. The number of fused-ring (bicyclic) bond motifs is 1. The van der Waals surface area contributed by atoms with Gasteiger partial charge in [0, 0.05) is 30.8 Å². The molecule has 1 aliphatic carbocycles. The maximum absolute atomic E-state index is 12.9. The van der Waals surface area contributed by atoms with Crippen molar-refractivity contribution in [3.63, 3.8) is 0 Å². The molecule has 1 atom stereocenters. The highest BCUT2D eigenvalue weighted by molar-refractivity contribution is 5.92. The van der Waals surface area contributed by atoms with Gasteiger partial charge in [-0.3, -0.25) is 0 Å². The first kappa shape index (κ1) is 16.5. The molecule has 1 N–H and O–H groups in total. The minimum absolute atomic E-state index is 0.0260. The first-order chi connectivity index (χ1) is 12.2. The van der Waals surface area contributed by atoms with Crippen molar-refractivity contribution in [1.29, 1.82) is 0 Å². The molecule has 2 heterocycles. The number of nitrogens with zero attached hydrogens (tertiary/aromatic N) is 1. The maximum atomic E-state index is 12.9. The summed E-state index contributed by atoms with van der Waals surface area (Å²) >= 11 is 0. The van der Waals surface area contributed by atoms with E-state index in [2.05, 4.69) is 5.32 Å². The van der Waals surface area contributed by atoms with Crippen LogP contribution in [0.5, 0.6) is 0 Å². The van der Waals surface area contributed by atoms with Gasteiger partial charge in [-0.1, -0.05) is 6.42 Å². The van der Waals surface area contributed by atoms with Gasteiger partial charge in [0.2, 0.25) is 0 Å². The number of ether oxygens (including phenoxy) is 1. The van der Waals surface area contributed by atoms with Crippen molar-refractivity contribution >= 4 is 22.7 Å². The molecule has 0 spiro atoms. The van der Waals surface area contributed by atoms with Crippen LogP contribution in [0.4, 0.5) is 10.5 Å². The Morgan fingerprint density at radius 3 is 2.80 bits per heavy atom. The number of hydrogen-bond donors (Lipinski definition) is 1. The van der Waals surface area contributed by atoms with E-state index in [1.807, 2.05) is 36.1 Å². The quantitative estimate of drug-likeness (QED) is 0.867. The van der Waals surface area contributed by atoms with Crippen LogP contribution >= 0.6 is 0 Å². The number of furan rings is 1. The van der Waals surface area contributed by atoms with Gasteiger partial charge in [-0.2, -0.15) is 0 Å². The second-order valence-corrected chi connectivity index (χ2v) is 7.38. The number of rotatable bonds is 5. The number of carbonyl (C=O) groups excluding carboxylic acids is 1. The maximum Gasteiger partial charge on any atom is 0.321 e. The summed E-state index contributed by atoms with van der Waals surface area (Å²) in [6.07, 6.45) is 6.08. The number of urea groups is 1. The van der Waals surface area contributed by atoms with Crippen molar-refractivity contribution in [1.82, 2.24) is 4.90 Å². The summed E-state index contributed by atoms with van der Waals surface area (Å²) < 4.78 is 11.3. The summed E-state index contributed by atoms with van der Waals surface area (Å²) in [5.41, 5.74) is 1.66. The van der Waals surface area contributed by atoms with E-state index < -0.39 is 0 Å². The third-order valence-electron chi connectivity index (χ3n) is 5.33. The van der Waals surface area contributed by atoms with Crippen molar-refractivity contribution in [2.24, 2.45) is 5.92 Å². The van der Waals surface area contributed by atoms with E-state index in [1.54, 1.807) is 0 Å². The van der Waals surface area contributed by atoms with Gasteiger partial charge in [0.05, 0.1) is 6.10 Å². The zero-order valence-corrected chi connectivity index (χ0v) is 14.8. The van der Waals surface area contributed by atoms with E-state index >= 15 is 0 Å². The number of amides is 2. The van der Waals surface area contributed by atoms with E-state index in [0.29, 0.717) is 12.5 Å². The van der Waals surface area contributed by atoms with Crippen LogP contribution in [0.2, 0.25) is 0 Å². The van der Waals surface area contributed by atoms with Gasteiger partial charge in [-0.15, -0.1) is 0 Å². The fraction of sp³-hybridized carbons (Fsp3) is 0.550. The van der Waals surface area contributed by atoms with E-state index in [1.165, 1.54) is 19.3 Å². The highest BCUT2D eigenvalue weighted by Gasteiger charge is 2.27. The number of anilines is 1. The second kappa shape index (κ2) is 7.08. The topological polar surface area (TPSA) is 54.7 Å². The number of nitrogens with one attached hydrogen (secondary N) is 1. The summed E-state index contributed by atoms with van der Waals surface area (Å²) in [7, 11) is 0. The minimum Gasteiger partial charge on any atom is -0.461 e. The molecule has 2 amide bonds. The van der Waals surface area contributed by atoms with Crippen molar-refractivity contribution in [2.75, 3.05) is 25.0 Å². The lowest BCUT2D eigenvalue weighted by molar-refractivity contribution is 0.0748. The molecule has 1 aromatic heterocycles. The van der Waals surface area contributed by atoms with Crippen LogP contribution in [0.25, 0.3) is 11.0 Å². The first-order valence-electron chi connectivity index (χ1n) is 9.35. The van der Waals surface area contributed by atoms with E-state index in [-0.39, 0.29) is 12.1 Å². The fourth-order valence-electron chi connectivity index (χ4n) is 3.72. The average Bonchev–Trinajstić information content (AvgIpc) is 3.17. The monoisotopic (exact) mass is 342 g/mol. The minimum atomic E-state index is -0.0260. The lowest BCUT2D eigenvalue weighted by Gasteiger charge is -2.33. The predicted octanol–water partition coefficient (Wildman–Crippen LogP) is 4.55. The molecule has 5 nitrogen and oxygen atoms in total. The Hall–Kier alpha value is -2.01. The molecule has 1 aromatic carbocycles. The molecule has 2 fully saturated rings. The molecule has 25 heavy (non-hydrogen) atoms. The molecule has 2 aromatic rings. The van der Waals surface area contributed by atoms with Crippen LogP contribution in [0.3, 0.4) is 0 Å². The van der Waals surface area contributed by atoms with Gasteiger partial charge in [0.25, 0.3) is 0 Å². The Balaban J connectivity index is 1.45. The van der Waals surface area contributed by atoms with Crippen LogP contribution in [0, 0.1) is 12.8 Å². The average molecular weight is 342 g/mol. The number of aryl methyl sites for hydroxylation is 1. The van der Waals surface area contributed by atoms with Crippen molar-refractivity contribution in [3.05, 3.63) is 30.0 Å². The zero-order valence-electron chi connectivity index (χ0n) is 14.8. The lowest BCUT2D eigenvalue weighted by Crippen LogP contribution is -2.44. The molecule has 1 unspecified atom stereocenters. The molecular formula is C20H26N2O3. The van der Waals surface area contributed by atoms with E-state index in [9.17, 15) is 4.79 Å². The standard InChI is InChI=1S/C20H26N2O3/c1-14-10-16-11-17(7-8-19(16)25-14)21-20(23)22(12-15-4-2-5-15)13-18-6-3-9-24-18/h7-8,10-11,15,18H,2-6,9,12-13H2,1H3,(H,21,23). The van der Waals surface area contributed by atoms with Gasteiger partial charge in [-0.25, -0.2) is 4.79 Å². The van der Waals surface area contributed by atoms with Crippen LogP contribution in [-0.4, -0.2) is 36.7 Å². The SMILES string of the molecule is Cc1cc2cc(NC(=O)N(CC3CCC3)CC3CCCO3)ccc2o1. The third-order valence-corrected chi connectivity index (χ3v) is 5.33. The van der Waals surface area contributed by atoms with Gasteiger partial charge in [-0.05, 0) is 62.8 Å². The Kier molecular flexibility index (Phi) is 4.66. The van der Waals surface area contributed by atoms with Crippen LogP contribution in [-0.2, 0) is 4.74 Å². The lowest BCUT2D eigenvalue weighted by atomic mass is 9.85. The third kappa shape index (κ3) is 3.82. The van der Waals surface area contributed by atoms with Crippen LogP contribution in [0.1, 0.15) is 37.9 Å². The Morgan fingerprint density at radius 2 is 2.08 bits per heavy atom. The molecule has 2 aliphatic rings. The Morgan fingerprint density at radius 1 is 1.20 bits per heavy atom. The van der Waals surface area contributed by atoms with Gasteiger partial charge in [0.15, 0.2) is 0 Å². The molecule has 0 bridgehead atoms. The van der Waals surface area contributed by atoms with Crippen molar-refractivity contribution < 1.29 is 13.9 Å². The smallest absolute Gasteiger partial charge is 0.321 e. The van der Waals surface area contributed by atoms with Crippen molar-refractivity contribution in [3.8, 4) is 0 Å². The Labute approximate surface area is 148 Å².